The normalized spacial score (nSPS) is 20.8. The van der Waals surface area contributed by atoms with E-state index >= 15 is 0 Å². The smallest absolute Gasteiger partial charge is 0.315 e. The number of carbonyl (C=O) groups excluding carboxylic acids is 3. The van der Waals surface area contributed by atoms with Crippen LogP contribution in [0.1, 0.15) is 57.6 Å². The highest BCUT2D eigenvalue weighted by atomic mass is 16.6. The van der Waals surface area contributed by atoms with E-state index in [1.807, 2.05) is 51.1 Å². The van der Waals surface area contributed by atoms with Crippen LogP contribution in [0.25, 0.3) is 0 Å². The summed E-state index contributed by atoms with van der Waals surface area (Å²) < 4.78 is 16.5. The van der Waals surface area contributed by atoms with Crippen molar-refractivity contribution < 1.29 is 28.6 Å². The van der Waals surface area contributed by atoms with Gasteiger partial charge >= 0.3 is 11.9 Å². The molecule has 0 spiro atoms. The first-order valence-electron chi connectivity index (χ1n) is 12.0. The Balaban J connectivity index is 1.77. The van der Waals surface area contributed by atoms with Crippen LogP contribution in [0.4, 0.5) is 0 Å². The molecule has 0 radical (unpaired) electrons. The van der Waals surface area contributed by atoms with E-state index in [4.69, 9.17) is 19.2 Å². The van der Waals surface area contributed by atoms with E-state index in [0.29, 0.717) is 41.1 Å². The molecule has 2 aromatic carbocycles. The van der Waals surface area contributed by atoms with E-state index < -0.39 is 23.8 Å². The lowest BCUT2D eigenvalue weighted by atomic mass is 9.67. The first-order chi connectivity index (χ1) is 17.1. The molecule has 1 heterocycles. The number of carbonyl (C=O) groups is 3. The molecule has 0 fully saturated rings. The van der Waals surface area contributed by atoms with Crippen LogP contribution in [0.3, 0.4) is 0 Å². The van der Waals surface area contributed by atoms with Gasteiger partial charge in [0.1, 0.15) is 12.5 Å². The van der Waals surface area contributed by atoms with Gasteiger partial charge in [0.05, 0.1) is 7.11 Å². The molecular formula is C29H31NO6. The van der Waals surface area contributed by atoms with Gasteiger partial charge in [0.25, 0.3) is 0 Å². The van der Waals surface area contributed by atoms with Crippen molar-refractivity contribution in [1.29, 1.82) is 0 Å². The summed E-state index contributed by atoms with van der Waals surface area (Å²) in [5, 5.41) is 0. The van der Waals surface area contributed by atoms with Gasteiger partial charge < -0.3 is 14.2 Å². The summed E-state index contributed by atoms with van der Waals surface area (Å²) in [6.45, 7) is 7.34. The van der Waals surface area contributed by atoms with E-state index in [0.717, 1.165) is 5.56 Å². The van der Waals surface area contributed by atoms with Crippen molar-refractivity contribution in [2.45, 2.75) is 53.1 Å². The predicted molar refractivity (Wildman–Crippen MR) is 135 cm³/mol. The second-order valence-corrected chi connectivity index (χ2v) is 10.1. The molecule has 1 aliphatic heterocycles. The molecule has 7 heteroatoms. The first kappa shape index (κ1) is 25.4. The SMILES string of the molecule is COc1cc([C@@H]2C3=C(CC(C)(C)CC3=O)N=C(C)C2C(=O)OCc2ccccc2)ccc1OC(C)=O. The van der Waals surface area contributed by atoms with Crippen molar-refractivity contribution in [2.75, 3.05) is 7.11 Å². The number of aliphatic imine (C=N–C) groups is 1. The second-order valence-electron chi connectivity index (χ2n) is 10.1. The number of ether oxygens (including phenoxy) is 3. The number of hydrogen-bond donors (Lipinski definition) is 0. The van der Waals surface area contributed by atoms with E-state index in [1.54, 1.807) is 18.2 Å². The Labute approximate surface area is 211 Å². The number of nitrogens with zero attached hydrogens (tertiary/aromatic N) is 1. The first-order valence-corrected chi connectivity index (χ1v) is 12.0. The minimum absolute atomic E-state index is 0.0219. The quantitative estimate of drug-likeness (QED) is 0.410. The average Bonchev–Trinajstić information content (AvgIpc) is 2.81. The van der Waals surface area contributed by atoms with Gasteiger partial charge in [-0.05, 0) is 42.0 Å². The number of methoxy groups -OCH3 is 1. The second kappa shape index (κ2) is 10.1. The van der Waals surface area contributed by atoms with Crippen molar-refractivity contribution in [3.05, 3.63) is 70.9 Å². The zero-order valence-electron chi connectivity index (χ0n) is 21.3. The average molecular weight is 490 g/mol. The fourth-order valence-electron chi connectivity index (χ4n) is 5.05. The van der Waals surface area contributed by atoms with E-state index in [9.17, 15) is 14.4 Å². The van der Waals surface area contributed by atoms with E-state index in [1.165, 1.54) is 14.0 Å². The monoisotopic (exact) mass is 489 g/mol. The largest absolute Gasteiger partial charge is 0.493 e. The molecular weight excluding hydrogens is 458 g/mol. The Bertz CT molecular complexity index is 1260. The molecule has 1 unspecified atom stereocenters. The molecule has 0 bridgehead atoms. The summed E-state index contributed by atoms with van der Waals surface area (Å²) >= 11 is 0. The lowest BCUT2D eigenvalue weighted by Crippen LogP contribution is -2.39. The molecule has 0 N–H and O–H groups in total. The molecule has 2 atom stereocenters. The van der Waals surface area contributed by atoms with Crippen molar-refractivity contribution >= 4 is 23.4 Å². The number of rotatable bonds is 6. The van der Waals surface area contributed by atoms with Crippen molar-refractivity contribution in [3.63, 3.8) is 0 Å². The Kier molecular flexibility index (Phi) is 7.11. The van der Waals surface area contributed by atoms with Crippen molar-refractivity contribution in [3.8, 4) is 11.5 Å². The molecule has 2 aromatic rings. The summed E-state index contributed by atoms with van der Waals surface area (Å²) in [5.74, 6) is -1.71. The Hall–Kier alpha value is -3.74. The van der Waals surface area contributed by atoms with Gasteiger partial charge in [-0.1, -0.05) is 50.2 Å². The molecule has 36 heavy (non-hydrogen) atoms. The van der Waals surface area contributed by atoms with Crippen LogP contribution in [0, 0.1) is 11.3 Å². The Morgan fingerprint density at radius 1 is 1.06 bits per heavy atom. The highest BCUT2D eigenvalue weighted by Crippen LogP contribution is 2.49. The van der Waals surface area contributed by atoms with Gasteiger partial charge in [-0.15, -0.1) is 0 Å². The van der Waals surface area contributed by atoms with Crippen molar-refractivity contribution in [2.24, 2.45) is 16.3 Å². The summed E-state index contributed by atoms with van der Waals surface area (Å²) in [5.41, 5.74) is 3.21. The molecule has 2 aliphatic rings. The third-order valence-corrected chi connectivity index (χ3v) is 6.58. The Morgan fingerprint density at radius 2 is 1.78 bits per heavy atom. The van der Waals surface area contributed by atoms with Gasteiger partial charge in [-0.2, -0.15) is 0 Å². The lowest BCUT2D eigenvalue weighted by Gasteiger charge is -2.39. The van der Waals surface area contributed by atoms with Crippen LogP contribution in [0.5, 0.6) is 11.5 Å². The van der Waals surface area contributed by atoms with Crippen LogP contribution in [-0.4, -0.2) is 30.5 Å². The number of hydrogen-bond acceptors (Lipinski definition) is 7. The number of esters is 2. The highest BCUT2D eigenvalue weighted by molar-refractivity contribution is 6.09. The third kappa shape index (κ3) is 5.25. The summed E-state index contributed by atoms with van der Waals surface area (Å²) in [6, 6.07) is 14.6. The van der Waals surface area contributed by atoms with Gasteiger partial charge in [-0.25, -0.2) is 0 Å². The van der Waals surface area contributed by atoms with Crippen LogP contribution < -0.4 is 9.47 Å². The zero-order chi connectivity index (χ0) is 26.0. The number of benzene rings is 2. The van der Waals surface area contributed by atoms with E-state index in [2.05, 4.69) is 0 Å². The van der Waals surface area contributed by atoms with Gasteiger partial charge in [0, 0.05) is 36.2 Å². The van der Waals surface area contributed by atoms with Gasteiger partial charge in [0.2, 0.25) is 0 Å². The number of allylic oxidation sites excluding steroid dienone is 2. The lowest BCUT2D eigenvalue weighted by molar-refractivity contribution is -0.148. The Morgan fingerprint density at radius 3 is 2.44 bits per heavy atom. The standard InChI is InChI=1S/C29H31NO6/c1-17-25(28(33)35-16-19-9-7-6-8-10-19)26(27-21(30-17)14-29(3,4)15-22(27)32)20-11-12-23(36-18(2)31)24(13-20)34-5/h6-13,25-26H,14-16H2,1-5H3/t25?,26-/m0/s1. The molecule has 4 rings (SSSR count). The molecule has 0 saturated heterocycles. The maximum Gasteiger partial charge on any atom is 0.315 e. The summed E-state index contributed by atoms with van der Waals surface area (Å²) in [6.07, 6.45) is 1.00. The number of ketones is 1. The van der Waals surface area contributed by atoms with Crippen LogP contribution in [0.2, 0.25) is 0 Å². The molecule has 7 nitrogen and oxygen atoms in total. The molecule has 0 aromatic heterocycles. The maximum atomic E-state index is 13.5. The molecule has 0 amide bonds. The minimum atomic E-state index is -0.776. The van der Waals surface area contributed by atoms with Crippen molar-refractivity contribution in [1.82, 2.24) is 0 Å². The zero-order valence-corrected chi connectivity index (χ0v) is 21.3. The van der Waals surface area contributed by atoms with Gasteiger partial charge in [0.15, 0.2) is 17.3 Å². The fourth-order valence-corrected chi connectivity index (χ4v) is 5.05. The molecule has 188 valence electrons. The molecule has 0 saturated carbocycles. The topological polar surface area (TPSA) is 91.3 Å². The fraction of sp³-hybridized carbons (Fsp3) is 0.379. The minimum Gasteiger partial charge on any atom is -0.493 e. The van der Waals surface area contributed by atoms with E-state index in [-0.39, 0.29) is 23.6 Å². The highest BCUT2D eigenvalue weighted by Gasteiger charge is 2.46. The summed E-state index contributed by atoms with van der Waals surface area (Å²) in [7, 11) is 1.48. The van der Waals surface area contributed by atoms with Crippen LogP contribution in [0.15, 0.2) is 64.8 Å². The van der Waals surface area contributed by atoms with Crippen LogP contribution in [-0.2, 0) is 25.7 Å². The third-order valence-electron chi connectivity index (χ3n) is 6.58. The maximum absolute atomic E-state index is 13.5. The summed E-state index contributed by atoms with van der Waals surface area (Å²) in [4.78, 5) is 43.3. The van der Waals surface area contributed by atoms with Crippen LogP contribution >= 0.6 is 0 Å². The number of Topliss-reactive ketones (excluding diaryl/α,β-unsaturated/α-hetero) is 1. The molecule has 1 aliphatic carbocycles. The predicted octanol–water partition coefficient (Wildman–Crippen LogP) is 5.18. The van der Waals surface area contributed by atoms with Gasteiger partial charge in [-0.3, -0.25) is 19.4 Å².